The molecular weight excluding hydrogens is 306 g/mol. The van der Waals surface area contributed by atoms with E-state index in [9.17, 15) is 8.42 Å². The SMILES string of the molecule is CCOCC(C)NS(=O)(=O)c1ccc(Br)cc1. The van der Waals surface area contributed by atoms with E-state index < -0.39 is 10.0 Å². The molecule has 4 nitrogen and oxygen atoms in total. The van der Waals surface area contributed by atoms with Crippen molar-refractivity contribution in [1.82, 2.24) is 4.72 Å². The topological polar surface area (TPSA) is 55.4 Å². The molecule has 17 heavy (non-hydrogen) atoms. The summed E-state index contributed by atoms with van der Waals surface area (Å²) in [5.41, 5.74) is 0. The molecule has 1 aromatic rings. The molecule has 0 spiro atoms. The zero-order chi connectivity index (χ0) is 12.9. The standard InChI is InChI=1S/C11H16BrNO3S/c1-3-16-8-9(2)13-17(14,15)11-6-4-10(12)5-7-11/h4-7,9,13H,3,8H2,1-2H3. The molecule has 1 unspecified atom stereocenters. The third-order valence-corrected chi connectivity index (χ3v) is 4.19. The summed E-state index contributed by atoms with van der Waals surface area (Å²) in [6.07, 6.45) is 0. The van der Waals surface area contributed by atoms with Crippen molar-refractivity contribution in [3.8, 4) is 0 Å². The van der Waals surface area contributed by atoms with Crippen molar-refractivity contribution in [3.05, 3.63) is 28.7 Å². The Kier molecular flexibility index (Phi) is 5.58. The first-order valence-electron chi connectivity index (χ1n) is 5.31. The fourth-order valence-corrected chi connectivity index (χ4v) is 2.77. The summed E-state index contributed by atoms with van der Waals surface area (Å²) in [5.74, 6) is 0. The Bertz CT molecular complexity index is 444. The van der Waals surface area contributed by atoms with Crippen LogP contribution in [0.4, 0.5) is 0 Å². The largest absolute Gasteiger partial charge is 0.380 e. The van der Waals surface area contributed by atoms with Gasteiger partial charge < -0.3 is 4.74 Å². The first-order valence-corrected chi connectivity index (χ1v) is 7.59. The summed E-state index contributed by atoms with van der Waals surface area (Å²) in [5, 5.41) is 0. The van der Waals surface area contributed by atoms with Gasteiger partial charge in [0.1, 0.15) is 0 Å². The van der Waals surface area contributed by atoms with Crippen molar-refractivity contribution in [2.24, 2.45) is 0 Å². The van der Waals surface area contributed by atoms with Gasteiger partial charge in [0.25, 0.3) is 0 Å². The number of halogens is 1. The van der Waals surface area contributed by atoms with Gasteiger partial charge in [0.15, 0.2) is 0 Å². The molecular formula is C11H16BrNO3S. The Morgan fingerprint density at radius 1 is 1.35 bits per heavy atom. The van der Waals surface area contributed by atoms with Crippen LogP contribution in [0.15, 0.2) is 33.6 Å². The Hall–Kier alpha value is -0.430. The minimum absolute atomic E-state index is 0.247. The third-order valence-electron chi connectivity index (χ3n) is 2.05. The molecule has 0 radical (unpaired) electrons. The molecule has 96 valence electrons. The number of ether oxygens (including phenoxy) is 1. The fourth-order valence-electron chi connectivity index (χ4n) is 1.28. The highest BCUT2D eigenvalue weighted by Gasteiger charge is 2.16. The van der Waals surface area contributed by atoms with Crippen molar-refractivity contribution in [2.45, 2.75) is 24.8 Å². The molecule has 0 aliphatic carbocycles. The maximum absolute atomic E-state index is 11.9. The van der Waals surface area contributed by atoms with Gasteiger partial charge in [-0.05, 0) is 38.1 Å². The van der Waals surface area contributed by atoms with E-state index in [0.717, 1.165) is 4.47 Å². The first-order chi connectivity index (χ1) is 7.95. The van der Waals surface area contributed by atoms with Gasteiger partial charge in [0, 0.05) is 17.1 Å². The van der Waals surface area contributed by atoms with Gasteiger partial charge in [0.2, 0.25) is 10.0 Å². The molecule has 1 N–H and O–H groups in total. The number of hydrogen-bond acceptors (Lipinski definition) is 3. The van der Waals surface area contributed by atoms with Crippen LogP contribution >= 0.6 is 15.9 Å². The number of rotatable bonds is 6. The summed E-state index contributed by atoms with van der Waals surface area (Å²) in [6, 6.07) is 6.26. The van der Waals surface area contributed by atoms with Gasteiger partial charge in [-0.3, -0.25) is 0 Å². The molecule has 0 bridgehead atoms. The fraction of sp³-hybridized carbons (Fsp3) is 0.455. The highest BCUT2D eigenvalue weighted by atomic mass is 79.9. The van der Waals surface area contributed by atoms with Crippen LogP contribution in [0.2, 0.25) is 0 Å². The summed E-state index contributed by atoms with van der Waals surface area (Å²) in [6.45, 7) is 4.58. The minimum atomic E-state index is -3.46. The summed E-state index contributed by atoms with van der Waals surface area (Å²) < 4.78 is 32.4. The maximum Gasteiger partial charge on any atom is 0.240 e. The van der Waals surface area contributed by atoms with Crippen LogP contribution in [0.25, 0.3) is 0 Å². The monoisotopic (exact) mass is 321 g/mol. The predicted octanol–water partition coefficient (Wildman–Crippen LogP) is 2.15. The summed E-state index contributed by atoms with van der Waals surface area (Å²) >= 11 is 3.26. The molecule has 1 rings (SSSR count). The Labute approximate surface area is 111 Å². The number of sulfonamides is 1. The predicted molar refractivity (Wildman–Crippen MR) is 70.4 cm³/mol. The molecule has 0 heterocycles. The second kappa shape index (κ2) is 6.49. The van der Waals surface area contributed by atoms with Crippen LogP contribution in [0.3, 0.4) is 0 Å². The van der Waals surface area contributed by atoms with Crippen LogP contribution in [0, 0.1) is 0 Å². The van der Waals surface area contributed by atoms with Crippen LogP contribution in [-0.2, 0) is 14.8 Å². The molecule has 0 aromatic heterocycles. The van der Waals surface area contributed by atoms with Gasteiger partial charge in [-0.1, -0.05) is 15.9 Å². The molecule has 1 aromatic carbocycles. The lowest BCUT2D eigenvalue weighted by atomic mass is 10.4. The third kappa shape index (κ3) is 4.75. The van der Waals surface area contributed by atoms with Crippen molar-refractivity contribution in [1.29, 1.82) is 0 Å². The van der Waals surface area contributed by atoms with Gasteiger partial charge >= 0.3 is 0 Å². The van der Waals surface area contributed by atoms with Crippen molar-refractivity contribution in [2.75, 3.05) is 13.2 Å². The molecule has 0 amide bonds. The van der Waals surface area contributed by atoms with E-state index in [1.54, 1.807) is 31.2 Å². The van der Waals surface area contributed by atoms with Gasteiger partial charge in [-0.2, -0.15) is 0 Å². The highest BCUT2D eigenvalue weighted by molar-refractivity contribution is 9.10. The van der Waals surface area contributed by atoms with E-state index in [2.05, 4.69) is 20.7 Å². The molecule has 0 aliphatic rings. The zero-order valence-corrected chi connectivity index (χ0v) is 12.2. The van der Waals surface area contributed by atoms with Crippen molar-refractivity contribution < 1.29 is 13.2 Å². The van der Waals surface area contributed by atoms with E-state index in [1.165, 1.54) is 0 Å². The van der Waals surface area contributed by atoms with Crippen LogP contribution in [-0.4, -0.2) is 27.7 Å². The molecule has 0 saturated heterocycles. The highest BCUT2D eigenvalue weighted by Crippen LogP contribution is 2.14. The van der Waals surface area contributed by atoms with Gasteiger partial charge in [0.05, 0.1) is 11.5 Å². The lowest BCUT2D eigenvalue weighted by Gasteiger charge is -2.13. The summed E-state index contributed by atoms with van der Waals surface area (Å²) in [7, 11) is -3.46. The molecule has 0 aliphatic heterocycles. The smallest absolute Gasteiger partial charge is 0.240 e. The van der Waals surface area contributed by atoms with Crippen LogP contribution in [0.5, 0.6) is 0 Å². The lowest BCUT2D eigenvalue weighted by molar-refractivity contribution is 0.133. The van der Waals surface area contributed by atoms with E-state index in [1.807, 2.05) is 6.92 Å². The zero-order valence-electron chi connectivity index (χ0n) is 9.81. The Balaban J connectivity index is 2.71. The summed E-state index contributed by atoms with van der Waals surface area (Å²) in [4.78, 5) is 0.254. The van der Waals surface area contributed by atoms with Gasteiger partial charge in [-0.15, -0.1) is 0 Å². The average molecular weight is 322 g/mol. The second-order valence-electron chi connectivity index (χ2n) is 3.64. The van der Waals surface area contributed by atoms with Gasteiger partial charge in [-0.25, -0.2) is 13.1 Å². The van der Waals surface area contributed by atoms with Crippen LogP contribution in [0.1, 0.15) is 13.8 Å². The number of nitrogens with one attached hydrogen (secondary N) is 1. The van der Waals surface area contributed by atoms with E-state index in [4.69, 9.17) is 4.74 Å². The van der Waals surface area contributed by atoms with Crippen molar-refractivity contribution in [3.63, 3.8) is 0 Å². The molecule has 6 heteroatoms. The van der Waals surface area contributed by atoms with E-state index in [0.29, 0.717) is 13.2 Å². The van der Waals surface area contributed by atoms with Crippen molar-refractivity contribution >= 4 is 26.0 Å². The van der Waals surface area contributed by atoms with E-state index in [-0.39, 0.29) is 10.9 Å². The first kappa shape index (κ1) is 14.6. The molecule has 0 fully saturated rings. The lowest BCUT2D eigenvalue weighted by Crippen LogP contribution is -2.35. The molecule has 1 atom stereocenters. The second-order valence-corrected chi connectivity index (χ2v) is 6.27. The van der Waals surface area contributed by atoms with E-state index >= 15 is 0 Å². The quantitative estimate of drug-likeness (QED) is 0.873. The maximum atomic E-state index is 11.9. The Morgan fingerprint density at radius 3 is 2.47 bits per heavy atom. The number of benzene rings is 1. The normalized spacial score (nSPS) is 13.6. The average Bonchev–Trinajstić information content (AvgIpc) is 2.26. The molecule has 0 saturated carbocycles. The van der Waals surface area contributed by atoms with Crippen LogP contribution < -0.4 is 4.72 Å². The minimum Gasteiger partial charge on any atom is -0.380 e. The Morgan fingerprint density at radius 2 is 1.94 bits per heavy atom. The number of hydrogen-bond donors (Lipinski definition) is 1.